The van der Waals surface area contributed by atoms with Gasteiger partial charge in [0.1, 0.15) is 5.82 Å². The lowest BCUT2D eigenvalue weighted by atomic mass is 9.83. The number of amides is 2. The highest BCUT2D eigenvalue weighted by Crippen LogP contribution is 2.36. The second-order valence-electron chi connectivity index (χ2n) is 7.44. The highest BCUT2D eigenvalue weighted by atomic mass is 16.3. The van der Waals surface area contributed by atoms with Gasteiger partial charge in [-0.25, -0.2) is 4.79 Å². The first-order valence-electron chi connectivity index (χ1n) is 8.58. The minimum Gasteiger partial charge on any atom is -0.388 e. The van der Waals surface area contributed by atoms with Gasteiger partial charge in [-0.15, -0.1) is 0 Å². The van der Waals surface area contributed by atoms with E-state index in [0.717, 1.165) is 12.1 Å². The Morgan fingerprint density at radius 2 is 2.22 bits per heavy atom. The molecule has 1 atom stereocenters. The Bertz CT molecular complexity index is 533. The largest absolute Gasteiger partial charge is 0.388 e. The first-order valence-corrected chi connectivity index (χ1v) is 8.58. The van der Waals surface area contributed by atoms with Crippen LogP contribution in [0.5, 0.6) is 0 Å². The fourth-order valence-electron chi connectivity index (χ4n) is 2.63. The van der Waals surface area contributed by atoms with Gasteiger partial charge < -0.3 is 10.4 Å². The molecule has 1 unspecified atom stereocenters. The van der Waals surface area contributed by atoms with Gasteiger partial charge in [-0.2, -0.15) is 5.10 Å². The van der Waals surface area contributed by atoms with Crippen molar-refractivity contribution < 1.29 is 9.90 Å². The van der Waals surface area contributed by atoms with E-state index in [1.165, 1.54) is 19.3 Å². The maximum Gasteiger partial charge on any atom is 0.320 e. The molecule has 1 aliphatic carbocycles. The number of nitrogens with zero attached hydrogens (tertiary/aromatic N) is 2. The molecule has 1 aromatic heterocycles. The summed E-state index contributed by atoms with van der Waals surface area (Å²) in [6.45, 7) is 6.24. The summed E-state index contributed by atoms with van der Waals surface area (Å²) in [6.07, 6.45) is 5.23. The third-order valence-corrected chi connectivity index (χ3v) is 4.55. The van der Waals surface area contributed by atoms with Crippen LogP contribution >= 0.6 is 0 Å². The maximum atomic E-state index is 12.0. The molecular formula is C17H30N4O2. The van der Waals surface area contributed by atoms with Crippen LogP contribution in [0.4, 0.5) is 10.6 Å². The van der Waals surface area contributed by atoms with E-state index in [9.17, 15) is 9.90 Å². The molecule has 2 amide bonds. The zero-order chi connectivity index (χ0) is 17.0. The number of aryl methyl sites for hydroxylation is 1. The van der Waals surface area contributed by atoms with Crippen LogP contribution in [0.1, 0.15) is 64.5 Å². The number of aromatic nitrogens is 2. The fourth-order valence-corrected chi connectivity index (χ4v) is 2.63. The average molecular weight is 322 g/mol. The Hall–Kier alpha value is -1.56. The Morgan fingerprint density at radius 1 is 1.52 bits per heavy atom. The normalized spacial score (nSPS) is 17.7. The number of rotatable bonds is 7. The molecule has 3 N–H and O–H groups in total. The lowest BCUT2D eigenvalue weighted by Gasteiger charge is -2.24. The molecule has 0 radical (unpaired) electrons. The molecule has 130 valence electrons. The molecule has 23 heavy (non-hydrogen) atoms. The summed E-state index contributed by atoms with van der Waals surface area (Å²) in [6, 6.07) is 1.64. The first-order chi connectivity index (χ1) is 10.8. The van der Waals surface area contributed by atoms with Crippen molar-refractivity contribution in [3.05, 3.63) is 11.8 Å². The summed E-state index contributed by atoms with van der Waals surface area (Å²) in [5, 5.41) is 20.3. The van der Waals surface area contributed by atoms with Crippen molar-refractivity contribution in [2.75, 3.05) is 11.9 Å². The minimum atomic E-state index is -0.884. The molecule has 0 aromatic carbocycles. The lowest BCUT2D eigenvalue weighted by molar-refractivity contribution is 0.0481. The van der Waals surface area contributed by atoms with Crippen LogP contribution in [0.25, 0.3) is 0 Å². The van der Waals surface area contributed by atoms with E-state index < -0.39 is 5.60 Å². The summed E-state index contributed by atoms with van der Waals surface area (Å²) < 4.78 is 1.70. The van der Waals surface area contributed by atoms with E-state index in [1.54, 1.807) is 11.6 Å². The Kier molecular flexibility index (Phi) is 5.68. The van der Waals surface area contributed by atoms with Crippen molar-refractivity contribution >= 4 is 11.8 Å². The van der Waals surface area contributed by atoms with E-state index in [1.807, 2.05) is 13.1 Å². The number of carbonyl (C=O) groups is 1. The third kappa shape index (κ3) is 5.23. The monoisotopic (exact) mass is 322 g/mol. The molecule has 1 aliphatic rings. The Labute approximate surface area is 138 Å². The molecule has 6 nitrogen and oxygen atoms in total. The van der Waals surface area contributed by atoms with E-state index in [0.29, 0.717) is 24.1 Å². The van der Waals surface area contributed by atoms with Crippen molar-refractivity contribution in [3.63, 3.8) is 0 Å². The van der Waals surface area contributed by atoms with E-state index in [2.05, 4.69) is 29.6 Å². The highest BCUT2D eigenvalue weighted by molar-refractivity contribution is 5.88. The van der Waals surface area contributed by atoms with Gasteiger partial charge in [-0.1, -0.05) is 20.3 Å². The molecule has 0 bridgehead atoms. The van der Waals surface area contributed by atoms with Crippen molar-refractivity contribution in [1.29, 1.82) is 0 Å². The lowest BCUT2D eigenvalue weighted by Crippen LogP contribution is -2.42. The summed E-state index contributed by atoms with van der Waals surface area (Å²) >= 11 is 0. The molecule has 1 heterocycles. The number of anilines is 1. The molecule has 0 saturated heterocycles. The summed E-state index contributed by atoms with van der Waals surface area (Å²) in [5.41, 5.74) is 0.170. The predicted molar refractivity (Wildman–Crippen MR) is 91.5 cm³/mol. The van der Waals surface area contributed by atoms with Crippen LogP contribution in [0.3, 0.4) is 0 Å². The molecule has 1 fully saturated rings. The van der Waals surface area contributed by atoms with Gasteiger partial charge >= 0.3 is 6.03 Å². The van der Waals surface area contributed by atoms with Crippen molar-refractivity contribution in [1.82, 2.24) is 15.1 Å². The van der Waals surface area contributed by atoms with Crippen molar-refractivity contribution in [2.45, 2.75) is 64.4 Å². The van der Waals surface area contributed by atoms with Crippen molar-refractivity contribution in [3.8, 4) is 0 Å². The Balaban J connectivity index is 1.81. The van der Waals surface area contributed by atoms with Crippen LogP contribution in [0.2, 0.25) is 0 Å². The maximum absolute atomic E-state index is 12.0. The summed E-state index contributed by atoms with van der Waals surface area (Å²) in [7, 11) is 1.83. The Morgan fingerprint density at radius 3 is 2.78 bits per heavy atom. The third-order valence-electron chi connectivity index (χ3n) is 4.55. The molecule has 1 saturated carbocycles. The topological polar surface area (TPSA) is 79.2 Å². The number of hydrogen-bond acceptors (Lipinski definition) is 3. The molecule has 6 heteroatoms. The number of urea groups is 1. The van der Waals surface area contributed by atoms with Gasteiger partial charge in [0.05, 0.1) is 11.3 Å². The van der Waals surface area contributed by atoms with Crippen molar-refractivity contribution in [2.24, 2.45) is 13.0 Å². The van der Waals surface area contributed by atoms with Crippen LogP contribution < -0.4 is 10.6 Å². The van der Waals surface area contributed by atoms with Gasteiger partial charge in [0.25, 0.3) is 0 Å². The highest BCUT2D eigenvalue weighted by Gasteiger charge is 2.24. The second kappa shape index (κ2) is 7.34. The molecule has 2 rings (SSSR count). The first kappa shape index (κ1) is 17.8. The average Bonchev–Trinajstić information content (AvgIpc) is 2.73. The van der Waals surface area contributed by atoms with Crippen LogP contribution in [0, 0.1) is 5.92 Å². The minimum absolute atomic E-state index is 0.235. The summed E-state index contributed by atoms with van der Waals surface area (Å²) in [4.78, 5) is 12.0. The predicted octanol–water partition coefficient (Wildman–Crippen LogP) is 3.00. The molecule has 0 spiro atoms. The number of carbonyl (C=O) groups excluding carboxylic acids is 1. The van der Waals surface area contributed by atoms with E-state index >= 15 is 0 Å². The van der Waals surface area contributed by atoms with Gasteiger partial charge in [-0.05, 0) is 38.5 Å². The zero-order valence-electron chi connectivity index (χ0n) is 14.7. The number of nitrogens with one attached hydrogen (secondary N) is 2. The number of aliphatic hydroxyl groups is 1. The van der Waals surface area contributed by atoms with Crippen LogP contribution in [-0.2, 0) is 7.05 Å². The molecular weight excluding hydrogens is 292 g/mol. The standard InChI is InChI=1S/C17H30N4O2/c1-12(2)8-9-17(3,23)11-18-16(22)19-15-10-14(20-21(15)4)13-6-5-7-13/h10,12-13,23H,5-9,11H2,1-4H3,(H2,18,19,22). The quantitative estimate of drug-likeness (QED) is 0.722. The zero-order valence-corrected chi connectivity index (χ0v) is 14.7. The van der Waals surface area contributed by atoms with Gasteiger partial charge in [-0.3, -0.25) is 10.00 Å². The van der Waals surface area contributed by atoms with Crippen LogP contribution in [-0.4, -0.2) is 33.1 Å². The van der Waals surface area contributed by atoms with E-state index in [4.69, 9.17) is 0 Å². The number of hydrogen-bond donors (Lipinski definition) is 3. The molecule has 0 aliphatic heterocycles. The van der Waals surface area contributed by atoms with Gasteiger partial charge in [0.2, 0.25) is 0 Å². The fraction of sp³-hybridized carbons (Fsp3) is 0.765. The second-order valence-corrected chi connectivity index (χ2v) is 7.44. The van der Waals surface area contributed by atoms with Gasteiger partial charge in [0, 0.05) is 25.6 Å². The summed E-state index contributed by atoms with van der Waals surface area (Å²) in [5.74, 6) is 1.76. The SMILES string of the molecule is CC(C)CCC(C)(O)CNC(=O)Nc1cc(C2CCC2)nn1C. The van der Waals surface area contributed by atoms with Gasteiger partial charge in [0.15, 0.2) is 0 Å². The smallest absolute Gasteiger partial charge is 0.320 e. The molecule has 1 aromatic rings. The van der Waals surface area contributed by atoms with Crippen LogP contribution in [0.15, 0.2) is 6.07 Å². The van der Waals surface area contributed by atoms with E-state index in [-0.39, 0.29) is 12.6 Å².